The summed E-state index contributed by atoms with van der Waals surface area (Å²) in [6.45, 7) is 17.0. The summed E-state index contributed by atoms with van der Waals surface area (Å²) in [4.78, 5) is 3.32. The standard InChI is InChI=1S/C30H42N2O2S/c1-20-10-11-24(16-21(20)2)35(33,34)15-12-23-18-25-26(19-31-27(25)17-22(23)3)29(6,7)30(8)28(4,5)13-14-32(30)9/h10-11,16-19,31H,12-15H2,1-9H3/t30-/m1/s1/i15D,16D,17D,18D/hD/t15?,30-. The van der Waals surface area contributed by atoms with Gasteiger partial charge in [0.2, 0.25) is 0 Å². The van der Waals surface area contributed by atoms with Crippen LogP contribution in [0, 0.1) is 26.2 Å². The molecule has 0 saturated carbocycles. The molecule has 190 valence electrons. The third kappa shape index (κ3) is 4.05. The molecule has 5 heteroatoms. The average Bonchev–Trinajstić information content (AvgIpc) is 3.33. The summed E-state index contributed by atoms with van der Waals surface area (Å²) in [7, 11) is -2.10. The number of likely N-dealkylation sites (N-methyl/N-ethyl adjacent to an activating group) is 1. The smallest absolute Gasteiger partial charge is 0.178 e. The minimum Gasteiger partial charge on any atom is -0.361 e. The summed E-state index contributed by atoms with van der Waals surface area (Å²) in [6.07, 6.45) is 2.42. The number of nitrogens with one attached hydrogen (secondary N) is 1. The van der Waals surface area contributed by atoms with Crippen LogP contribution in [0.25, 0.3) is 10.9 Å². The van der Waals surface area contributed by atoms with Crippen molar-refractivity contribution in [1.29, 1.82) is 0 Å². The minimum atomic E-state index is -4.20. The van der Waals surface area contributed by atoms with Gasteiger partial charge in [-0.15, -0.1) is 0 Å². The number of H-pyrrole nitrogens is 1. The van der Waals surface area contributed by atoms with Crippen molar-refractivity contribution in [3.8, 4) is 0 Å². The number of hydrogen-bond donors (Lipinski definition) is 1. The molecule has 4 rings (SSSR count). The van der Waals surface area contributed by atoms with Gasteiger partial charge in [0.25, 0.3) is 0 Å². The molecule has 1 aromatic heterocycles. The second-order valence-corrected chi connectivity index (χ2v) is 13.4. The predicted molar refractivity (Wildman–Crippen MR) is 147 cm³/mol. The van der Waals surface area contributed by atoms with Gasteiger partial charge in [0, 0.05) is 29.4 Å². The molecular weight excluding hydrogens is 452 g/mol. The first kappa shape index (κ1) is 20.0. The molecule has 1 saturated heterocycles. The molecule has 3 aromatic rings. The molecule has 0 bridgehead atoms. The Balaban J connectivity index is 1.91. The molecular formula is C30H42N2O2S. The topological polar surface area (TPSA) is 53.2 Å². The first-order valence-electron chi connectivity index (χ1n) is 14.8. The number of aromatic amines is 1. The zero-order valence-electron chi connectivity index (χ0n) is 27.5. The van der Waals surface area contributed by atoms with E-state index in [9.17, 15) is 9.79 Å². The van der Waals surface area contributed by atoms with E-state index in [4.69, 9.17) is 5.52 Å². The highest BCUT2D eigenvalue weighted by atomic mass is 32.2. The molecule has 1 fully saturated rings. The molecule has 0 amide bonds. The number of benzene rings is 2. The first-order chi connectivity index (χ1) is 18.2. The fourth-order valence-corrected chi connectivity index (χ4v) is 7.02. The van der Waals surface area contributed by atoms with Crippen LogP contribution in [0.15, 0.2) is 41.4 Å². The molecule has 1 unspecified atom stereocenters. The Kier molecular flexibility index (Phi) is 4.85. The zero-order valence-corrected chi connectivity index (χ0v) is 23.4. The Morgan fingerprint density at radius 1 is 1.11 bits per heavy atom. The zero-order chi connectivity index (χ0) is 30.3. The fraction of sp³-hybridized carbons (Fsp3) is 0.533. The summed E-state index contributed by atoms with van der Waals surface area (Å²) in [5, 5.41) is 0.472. The highest BCUT2D eigenvalue weighted by Crippen LogP contribution is 2.55. The maximum absolute atomic E-state index is 13.5. The van der Waals surface area contributed by atoms with Crippen molar-refractivity contribution < 1.29 is 15.3 Å². The van der Waals surface area contributed by atoms with E-state index in [1.807, 2.05) is 6.92 Å². The van der Waals surface area contributed by atoms with E-state index < -0.39 is 21.0 Å². The Labute approximate surface area is 219 Å². The average molecular weight is 500 g/mol. The van der Waals surface area contributed by atoms with Crippen LogP contribution >= 0.6 is 0 Å². The molecule has 1 aliphatic heterocycles. The number of aryl methyl sites for hydroxylation is 1. The number of nitrogens with zero attached hydrogens (tertiary/aromatic N) is 1. The predicted octanol–water partition coefficient (Wildman–Crippen LogP) is 6.51. The summed E-state index contributed by atoms with van der Waals surface area (Å²) in [5.74, 6) is 0. The lowest BCUT2D eigenvalue weighted by Crippen LogP contribution is -2.59. The lowest BCUT2D eigenvalue weighted by atomic mass is 9.57. The largest absolute Gasteiger partial charge is 0.361 e. The molecule has 4 nitrogen and oxygen atoms in total. The van der Waals surface area contributed by atoms with Crippen LogP contribution < -0.4 is 0 Å². The van der Waals surface area contributed by atoms with Gasteiger partial charge in [0.15, 0.2) is 11.2 Å². The second-order valence-electron chi connectivity index (χ2n) is 11.5. The van der Waals surface area contributed by atoms with Crippen LogP contribution in [0.1, 0.15) is 74.3 Å². The molecule has 2 heterocycles. The second kappa shape index (κ2) is 8.48. The molecule has 2 atom stereocenters. The monoisotopic (exact) mass is 499 g/mol. The van der Waals surface area contributed by atoms with E-state index in [0.29, 0.717) is 27.6 Å². The quantitative estimate of drug-likeness (QED) is 0.421. The van der Waals surface area contributed by atoms with Crippen molar-refractivity contribution in [3.05, 3.63) is 64.3 Å². The van der Waals surface area contributed by atoms with Gasteiger partial charge in [-0.1, -0.05) is 33.8 Å². The van der Waals surface area contributed by atoms with Crippen molar-refractivity contribution in [2.45, 2.75) is 84.1 Å². The minimum absolute atomic E-state index is 0.0678. The summed E-state index contributed by atoms with van der Waals surface area (Å²) < 4.78 is 71.0. The third-order valence-corrected chi connectivity index (χ3v) is 10.6. The van der Waals surface area contributed by atoms with Gasteiger partial charge in [-0.3, -0.25) is 4.90 Å². The van der Waals surface area contributed by atoms with Gasteiger partial charge in [-0.25, -0.2) is 8.42 Å². The van der Waals surface area contributed by atoms with Crippen LogP contribution in [-0.4, -0.2) is 43.2 Å². The third-order valence-electron chi connectivity index (χ3n) is 9.11. The maximum Gasteiger partial charge on any atom is 0.178 e. The Morgan fingerprint density at radius 3 is 2.43 bits per heavy atom. The normalized spacial score (nSPS) is 24.1. The van der Waals surface area contributed by atoms with E-state index in [1.54, 1.807) is 26.1 Å². The van der Waals surface area contributed by atoms with Crippen LogP contribution in [0.4, 0.5) is 0 Å². The molecule has 0 spiro atoms. The van der Waals surface area contributed by atoms with Gasteiger partial charge in [0.1, 0.15) is 0 Å². The number of sulfone groups is 1. The van der Waals surface area contributed by atoms with E-state index in [-0.39, 0.29) is 40.4 Å². The van der Waals surface area contributed by atoms with Crippen LogP contribution in [-0.2, 0) is 21.7 Å². The van der Waals surface area contributed by atoms with Crippen molar-refractivity contribution in [3.63, 3.8) is 0 Å². The first-order valence-corrected chi connectivity index (χ1v) is 13.9. The molecule has 0 radical (unpaired) electrons. The number of likely N-dealkylation sites (tertiary alicyclic amines) is 1. The van der Waals surface area contributed by atoms with E-state index in [2.05, 4.69) is 46.6 Å². The van der Waals surface area contributed by atoms with Gasteiger partial charge in [0.05, 0.1) is 14.7 Å². The summed E-state index contributed by atoms with van der Waals surface area (Å²) in [5.41, 5.74) is 0.594. The van der Waals surface area contributed by atoms with Gasteiger partial charge < -0.3 is 4.98 Å². The van der Waals surface area contributed by atoms with Crippen molar-refractivity contribution >= 4 is 20.7 Å². The SMILES string of the molecule is [2H]c1c(S(=O)(=O)C([2H])Cc2c(C)c([2H])c3c(c(C(C)(C)[C@]4(C)N(C)CCC4(C)C)cn3[2H])c2[2H])ccc(C)c1C. The number of hydrogen-bond acceptors (Lipinski definition) is 3. The van der Waals surface area contributed by atoms with Crippen molar-refractivity contribution in [2.24, 2.45) is 5.41 Å². The van der Waals surface area contributed by atoms with Crippen LogP contribution in [0.2, 0.25) is 1.41 Å². The Bertz CT molecular complexity index is 1630. The lowest BCUT2D eigenvalue weighted by Gasteiger charge is -2.53. The van der Waals surface area contributed by atoms with E-state index in [1.165, 1.54) is 11.0 Å². The van der Waals surface area contributed by atoms with Gasteiger partial charge >= 0.3 is 0 Å². The summed E-state index contributed by atoms with van der Waals surface area (Å²) in [6, 6.07) is 3.06. The number of aromatic nitrogens is 1. The molecule has 2 aromatic carbocycles. The molecule has 0 aliphatic carbocycles. The number of rotatable bonds is 6. The highest BCUT2D eigenvalue weighted by molar-refractivity contribution is 7.91. The van der Waals surface area contributed by atoms with Crippen molar-refractivity contribution in [2.75, 3.05) is 19.3 Å². The Morgan fingerprint density at radius 2 is 1.80 bits per heavy atom. The molecule has 1 aliphatic rings. The summed E-state index contributed by atoms with van der Waals surface area (Å²) >= 11 is 0. The molecule has 1 N–H and O–H groups in total. The highest BCUT2D eigenvalue weighted by Gasteiger charge is 2.58. The van der Waals surface area contributed by atoms with Crippen LogP contribution in [0.3, 0.4) is 0 Å². The maximum atomic E-state index is 13.5. The Hall–Kier alpha value is -2.11. The van der Waals surface area contributed by atoms with E-state index in [0.717, 1.165) is 24.1 Å². The fourth-order valence-electron chi connectivity index (χ4n) is 5.90. The molecule has 35 heavy (non-hydrogen) atoms. The van der Waals surface area contributed by atoms with Gasteiger partial charge in [-0.2, -0.15) is 0 Å². The van der Waals surface area contributed by atoms with Crippen LogP contribution in [0.5, 0.6) is 0 Å². The van der Waals surface area contributed by atoms with Gasteiger partial charge in [-0.05, 0) is 112 Å². The van der Waals surface area contributed by atoms with E-state index >= 15 is 0 Å². The number of fused-ring (bicyclic) bond motifs is 1. The lowest BCUT2D eigenvalue weighted by molar-refractivity contribution is 0.0234. The van der Waals surface area contributed by atoms with Crippen molar-refractivity contribution in [1.82, 2.24) is 9.88 Å².